The van der Waals surface area contributed by atoms with E-state index in [4.69, 9.17) is 4.99 Å². The Balaban J connectivity index is 1.67. The van der Waals surface area contributed by atoms with Gasteiger partial charge in [0.15, 0.2) is 12.2 Å². The van der Waals surface area contributed by atoms with Crippen molar-refractivity contribution in [2.45, 2.75) is 52.9 Å². The first kappa shape index (κ1) is 18.5. The number of amides is 3. The summed E-state index contributed by atoms with van der Waals surface area (Å²) in [5.74, 6) is 0.608. The molecule has 4 rings (SSSR count). The normalized spacial score (nSPS) is 24.2. The molecule has 0 bridgehead atoms. The SMILES string of the molecule is CCCN1C2=NC3C(C(=O)N(Cc4cccc(C)c4)C(=O)N3C)N2C(C)=C1C. The molecule has 148 valence electrons. The number of carbonyl (C=O) groups excluding carboxylic acids is 2. The molecule has 0 N–H and O–H groups in total. The number of rotatable bonds is 4. The molecule has 0 radical (unpaired) electrons. The van der Waals surface area contributed by atoms with Gasteiger partial charge in [-0.1, -0.05) is 36.8 Å². The molecule has 1 saturated heterocycles. The van der Waals surface area contributed by atoms with Crippen molar-refractivity contribution in [1.29, 1.82) is 0 Å². The predicted octanol–water partition coefficient (Wildman–Crippen LogP) is 2.73. The van der Waals surface area contributed by atoms with Crippen molar-refractivity contribution in [3.05, 3.63) is 46.8 Å². The molecule has 0 saturated carbocycles. The van der Waals surface area contributed by atoms with Gasteiger partial charge in [0.05, 0.1) is 6.54 Å². The Bertz CT molecular complexity index is 906. The van der Waals surface area contributed by atoms with Gasteiger partial charge in [-0.05, 0) is 32.8 Å². The number of imide groups is 1. The van der Waals surface area contributed by atoms with Crippen LogP contribution in [0.2, 0.25) is 0 Å². The third-order valence-corrected chi connectivity index (χ3v) is 5.87. The fraction of sp³-hybridized carbons (Fsp3) is 0.476. The van der Waals surface area contributed by atoms with Gasteiger partial charge in [-0.25, -0.2) is 9.79 Å². The van der Waals surface area contributed by atoms with E-state index in [1.807, 2.05) is 43.0 Å². The number of allylic oxidation sites excluding steroid dienone is 2. The second-order valence-corrected chi connectivity index (χ2v) is 7.79. The van der Waals surface area contributed by atoms with Crippen LogP contribution >= 0.6 is 0 Å². The zero-order valence-corrected chi connectivity index (χ0v) is 17.1. The van der Waals surface area contributed by atoms with Gasteiger partial charge in [-0.15, -0.1) is 0 Å². The molecular formula is C21H27N5O2. The van der Waals surface area contributed by atoms with E-state index in [0.717, 1.165) is 41.4 Å². The lowest BCUT2D eigenvalue weighted by Gasteiger charge is -2.40. The highest BCUT2D eigenvalue weighted by Crippen LogP contribution is 2.37. The van der Waals surface area contributed by atoms with Crippen LogP contribution in [0.4, 0.5) is 4.79 Å². The van der Waals surface area contributed by atoms with Crippen molar-refractivity contribution < 1.29 is 9.59 Å². The van der Waals surface area contributed by atoms with Gasteiger partial charge in [0.25, 0.3) is 5.91 Å². The van der Waals surface area contributed by atoms with Gasteiger partial charge in [0, 0.05) is 25.0 Å². The molecule has 2 unspecified atom stereocenters. The van der Waals surface area contributed by atoms with Crippen molar-refractivity contribution >= 4 is 17.9 Å². The van der Waals surface area contributed by atoms with Gasteiger partial charge < -0.3 is 9.80 Å². The first-order valence-electron chi connectivity index (χ1n) is 9.81. The standard InChI is InChI=1S/C21H27N5O2/c1-6-10-24-14(3)15(4)26-17-18(22-20(24)26)23(5)21(28)25(19(17)27)12-16-9-7-8-13(2)11-16/h7-9,11,17-18H,6,10,12H2,1-5H3. The minimum atomic E-state index is -0.501. The molecule has 7 heteroatoms. The summed E-state index contributed by atoms with van der Waals surface area (Å²) in [5, 5.41) is 0. The topological polar surface area (TPSA) is 59.5 Å². The number of guanidine groups is 1. The first-order chi connectivity index (χ1) is 13.3. The largest absolute Gasteiger partial charge is 0.328 e. The monoisotopic (exact) mass is 381 g/mol. The number of hydrogen-bond donors (Lipinski definition) is 0. The summed E-state index contributed by atoms with van der Waals surface area (Å²) in [7, 11) is 1.73. The van der Waals surface area contributed by atoms with Crippen molar-refractivity contribution in [3.63, 3.8) is 0 Å². The van der Waals surface area contributed by atoms with E-state index in [1.54, 1.807) is 11.9 Å². The van der Waals surface area contributed by atoms with Crippen LogP contribution in [0.3, 0.4) is 0 Å². The lowest BCUT2D eigenvalue weighted by Crippen LogP contribution is -2.64. The molecule has 0 spiro atoms. The van der Waals surface area contributed by atoms with Crippen LogP contribution in [-0.2, 0) is 11.3 Å². The Morgan fingerprint density at radius 3 is 2.50 bits per heavy atom. The van der Waals surface area contributed by atoms with E-state index in [9.17, 15) is 9.59 Å². The molecule has 28 heavy (non-hydrogen) atoms. The number of aryl methyl sites for hydroxylation is 1. The molecule has 0 aromatic heterocycles. The molecule has 3 heterocycles. The number of benzene rings is 1. The van der Waals surface area contributed by atoms with Gasteiger partial charge in [-0.3, -0.25) is 14.6 Å². The first-order valence-corrected chi connectivity index (χ1v) is 9.81. The minimum absolute atomic E-state index is 0.182. The van der Waals surface area contributed by atoms with Crippen LogP contribution in [0.5, 0.6) is 0 Å². The van der Waals surface area contributed by atoms with Gasteiger partial charge in [0.2, 0.25) is 5.96 Å². The van der Waals surface area contributed by atoms with Crippen LogP contribution < -0.4 is 0 Å². The van der Waals surface area contributed by atoms with E-state index in [1.165, 1.54) is 4.90 Å². The van der Waals surface area contributed by atoms with E-state index < -0.39 is 12.2 Å². The predicted molar refractivity (Wildman–Crippen MR) is 107 cm³/mol. The van der Waals surface area contributed by atoms with E-state index in [2.05, 4.69) is 18.7 Å². The number of nitrogens with zero attached hydrogens (tertiary/aromatic N) is 5. The Morgan fingerprint density at radius 2 is 1.82 bits per heavy atom. The maximum Gasteiger partial charge on any atom is 0.328 e. The summed E-state index contributed by atoms with van der Waals surface area (Å²) in [6, 6.07) is 7.12. The van der Waals surface area contributed by atoms with E-state index >= 15 is 0 Å². The average molecular weight is 381 g/mol. The average Bonchev–Trinajstić information content (AvgIpc) is 3.16. The van der Waals surface area contributed by atoms with Gasteiger partial charge in [-0.2, -0.15) is 0 Å². The van der Waals surface area contributed by atoms with Crippen molar-refractivity contribution in [2.24, 2.45) is 4.99 Å². The number of fused-ring (bicyclic) bond motifs is 3. The molecule has 7 nitrogen and oxygen atoms in total. The molecular weight excluding hydrogens is 354 g/mol. The third kappa shape index (κ3) is 2.60. The van der Waals surface area contributed by atoms with Crippen LogP contribution in [0, 0.1) is 6.92 Å². The highest BCUT2D eigenvalue weighted by molar-refractivity contribution is 6.05. The maximum atomic E-state index is 13.4. The molecule has 1 aromatic rings. The van der Waals surface area contributed by atoms with E-state index in [0.29, 0.717) is 0 Å². The molecule has 3 aliphatic rings. The maximum absolute atomic E-state index is 13.4. The summed E-state index contributed by atoms with van der Waals surface area (Å²) >= 11 is 0. The zero-order chi connectivity index (χ0) is 20.2. The van der Waals surface area contributed by atoms with Crippen LogP contribution in [0.15, 0.2) is 40.7 Å². The fourth-order valence-corrected chi connectivity index (χ4v) is 4.31. The highest BCUT2D eigenvalue weighted by Gasteiger charge is 2.55. The molecule has 1 aromatic carbocycles. The number of likely N-dealkylation sites (N-methyl/N-ethyl adjacent to an activating group) is 1. The molecule has 3 amide bonds. The van der Waals surface area contributed by atoms with Crippen molar-refractivity contribution in [2.75, 3.05) is 13.6 Å². The minimum Gasteiger partial charge on any atom is -0.315 e. The van der Waals surface area contributed by atoms with Gasteiger partial charge in [0.1, 0.15) is 0 Å². The lowest BCUT2D eigenvalue weighted by atomic mass is 10.1. The summed E-state index contributed by atoms with van der Waals surface area (Å²) in [4.78, 5) is 38.3. The number of urea groups is 1. The Labute approximate surface area is 165 Å². The van der Waals surface area contributed by atoms with E-state index in [-0.39, 0.29) is 18.5 Å². The molecule has 2 atom stereocenters. The second kappa shape index (κ2) is 6.65. The fourth-order valence-electron chi connectivity index (χ4n) is 4.31. The smallest absolute Gasteiger partial charge is 0.315 e. The molecule has 1 fully saturated rings. The summed E-state index contributed by atoms with van der Waals surface area (Å²) in [6.45, 7) is 9.34. The molecule has 3 aliphatic heterocycles. The lowest BCUT2D eigenvalue weighted by molar-refractivity contribution is -0.137. The zero-order valence-electron chi connectivity index (χ0n) is 17.1. The summed E-state index contributed by atoms with van der Waals surface area (Å²) < 4.78 is 0. The van der Waals surface area contributed by atoms with Crippen LogP contribution in [-0.4, -0.2) is 63.3 Å². The van der Waals surface area contributed by atoms with Crippen molar-refractivity contribution in [3.8, 4) is 0 Å². The summed E-state index contributed by atoms with van der Waals surface area (Å²) in [6.07, 6.45) is 0.501. The Hall–Kier alpha value is -2.83. The number of hydrogen-bond acceptors (Lipinski definition) is 5. The van der Waals surface area contributed by atoms with Gasteiger partial charge >= 0.3 is 6.03 Å². The summed E-state index contributed by atoms with van der Waals surface area (Å²) in [5.41, 5.74) is 4.21. The van der Waals surface area contributed by atoms with Crippen LogP contribution in [0.1, 0.15) is 38.3 Å². The highest BCUT2D eigenvalue weighted by atomic mass is 16.2. The third-order valence-electron chi connectivity index (χ3n) is 5.87. The second-order valence-electron chi connectivity index (χ2n) is 7.79. The van der Waals surface area contributed by atoms with Crippen molar-refractivity contribution in [1.82, 2.24) is 19.6 Å². The number of carbonyl (C=O) groups is 2. The Kier molecular flexibility index (Phi) is 4.40. The quantitative estimate of drug-likeness (QED) is 0.805. The van der Waals surface area contributed by atoms with Crippen LogP contribution in [0.25, 0.3) is 0 Å². The number of aliphatic imine (C=N–C) groups is 1. The Morgan fingerprint density at radius 1 is 1.07 bits per heavy atom. The molecule has 0 aliphatic carbocycles.